The fourth-order valence-corrected chi connectivity index (χ4v) is 3.21. The minimum Gasteiger partial charge on any atom is -0.497 e. The summed E-state index contributed by atoms with van der Waals surface area (Å²) in [4.78, 5) is 13.0. The molecule has 0 unspecified atom stereocenters. The van der Waals surface area contributed by atoms with Crippen LogP contribution in [0.1, 0.15) is 12.0 Å². The van der Waals surface area contributed by atoms with Crippen LogP contribution in [0.3, 0.4) is 0 Å². The quantitative estimate of drug-likeness (QED) is 0.508. The summed E-state index contributed by atoms with van der Waals surface area (Å²) in [6.45, 7) is 0.655. The first kappa shape index (κ1) is 20.0. The van der Waals surface area contributed by atoms with Crippen LogP contribution in [0.2, 0.25) is 0 Å². The van der Waals surface area contributed by atoms with Crippen LogP contribution < -0.4 is 19.5 Å². The van der Waals surface area contributed by atoms with Crippen molar-refractivity contribution in [3.63, 3.8) is 0 Å². The third-order valence-electron chi connectivity index (χ3n) is 3.82. The molecule has 2 rings (SSSR count). The van der Waals surface area contributed by atoms with Crippen LogP contribution in [0.4, 0.5) is 0 Å². The lowest BCUT2D eigenvalue weighted by molar-refractivity contribution is -0.118. The van der Waals surface area contributed by atoms with E-state index in [-0.39, 0.29) is 5.91 Å². The van der Waals surface area contributed by atoms with Crippen molar-refractivity contribution in [2.45, 2.75) is 17.7 Å². The predicted octanol–water partition coefficient (Wildman–Crippen LogP) is 3.55. The van der Waals surface area contributed by atoms with Gasteiger partial charge in [-0.15, -0.1) is 11.8 Å². The summed E-state index contributed by atoms with van der Waals surface area (Å²) in [6.07, 6.45) is 1.79. The van der Waals surface area contributed by atoms with Gasteiger partial charge in [-0.2, -0.15) is 0 Å². The molecule has 2 aromatic carbocycles. The molecule has 0 radical (unpaired) electrons. The summed E-state index contributed by atoms with van der Waals surface area (Å²) in [5, 5.41) is 2.96. The highest BCUT2D eigenvalue weighted by molar-refractivity contribution is 8.00. The summed E-state index contributed by atoms with van der Waals surface area (Å²) < 4.78 is 15.7. The molecule has 0 saturated carbocycles. The molecule has 2 aromatic rings. The average molecular weight is 375 g/mol. The Labute approximate surface area is 159 Å². The molecule has 26 heavy (non-hydrogen) atoms. The Balaban J connectivity index is 1.70. The Morgan fingerprint density at radius 2 is 1.81 bits per heavy atom. The molecule has 6 heteroatoms. The molecule has 140 valence electrons. The maximum absolute atomic E-state index is 12.0. The number of nitrogens with one attached hydrogen (secondary N) is 1. The number of carbonyl (C=O) groups excluding carboxylic acids is 1. The Bertz CT molecular complexity index is 721. The number of thioether (sulfide) groups is 1. The third kappa shape index (κ3) is 6.19. The molecule has 0 aliphatic rings. The fraction of sp³-hybridized carbons (Fsp3) is 0.350. The first-order valence-corrected chi connectivity index (χ1v) is 9.39. The molecule has 0 aliphatic heterocycles. The van der Waals surface area contributed by atoms with Crippen LogP contribution in [0.25, 0.3) is 0 Å². The summed E-state index contributed by atoms with van der Waals surface area (Å²) in [5.41, 5.74) is 1.21. The second-order valence-corrected chi connectivity index (χ2v) is 6.66. The summed E-state index contributed by atoms with van der Waals surface area (Å²) in [6, 6.07) is 13.6. The lowest BCUT2D eigenvalue weighted by Crippen LogP contribution is -2.26. The molecule has 0 heterocycles. The van der Waals surface area contributed by atoms with Gasteiger partial charge in [-0.25, -0.2) is 0 Å². The van der Waals surface area contributed by atoms with Crippen LogP contribution >= 0.6 is 11.8 Å². The number of benzene rings is 2. The number of hydrogen-bond donors (Lipinski definition) is 1. The second-order valence-electron chi connectivity index (χ2n) is 5.61. The van der Waals surface area contributed by atoms with Crippen molar-refractivity contribution in [1.29, 1.82) is 0 Å². The molecule has 0 aliphatic carbocycles. The van der Waals surface area contributed by atoms with Crippen molar-refractivity contribution in [3.05, 3.63) is 48.0 Å². The van der Waals surface area contributed by atoms with Gasteiger partial charge in [-0.1, -0.05) is 12.1 Å². The van der Waals surface area contributed by atoms with Crippen molar-refractivity contribution in [3.8, 4) is 17.2 Å². The van der Waals surface area contributed by atoms with E-state index in [9.17, 15) is 4.79 Å². The van der Waals surface area contributed by atoms with E-state index in [1.54, 1.807) is 21.3 Å². The van der Waals surface area contributed by atoms with Crippen LogP contribution in [0, 0.1) is 0 Å². The minimum atomic E-state index is 0.0235. The highest BCUT2D eigenvalue weighted by atomic mass is 32.2. The van der Waals surface area contributed by atoms with Gasteiger partial charge >= 0.3 is 0 Å². The number of hydrogen-bond acceptors (Lipinski definition) is 5. The standard InChI is InChI=1S/C20H25NO4S/c1-23-16-8-4-6-15(12-16)7-5-11-21-20(22)14-26-17-9-10-18(24-2)19(13-17)25-3/h4,6,8-10,12-13H,5,7,11,14H2,1-3H3,(H,21,22). The topological polar surface area (TPSA) is 56.8 Å². The Kier molecular flexibility index (Phi) is 8.15. The number of amides is 1. The molecule has 0 bridgehead atoms. The van der Waals surface area contributed by atoms with Crippen LogP contribution in [0.5, 0.6) is 17.2 Å². The first-order valence-electron chi connectivity index (χ1n) is 8.40. The van der Waals surface area contributed by atoms with Gasteiger partial charge in [0.15, 0.2) is 11.5 Å². The molecular formula is C20H25NO4S. The Hall–Kier alpha value is -2.34. The zero-order chi connectivity index (χ0) is 18.8. The normalized spacial score (nSPS) is 10.3. The van der Waals surface area contributed by atoms with Crippen molar-refractivity contribution in [2.24, 2.45) is 0 Å². The van der Waals surface area contributed by atoms with Gasteiger partial charge in [-0.3, -0.25) is 4.79 Å². The Morgan fingerprint density at radius 3 is 2.54 bits per heavy atom. The van der Waals surface area contributed by atoms with E-state index in [1.165, 1.54) is 17.3 Å². The van der Waals surface area contributed by atoms with Crippen molar-refractivity contribution in [1.82, 2.24) is 5.32 Å². The zero-order valence-electron chi connectivity index (χ0n) is 15.4. The third-order valence-corrected chi connectivity index (χ3v) is 4.82. The van der Waals surface area contributed by atoms with E-state index in [0.717, 1.165) is 23.5 Å². The molecule has 5 nitrogen and oxygen atoms in total. The fourth-order valence-electron chi connectivity index (χ4n) is 2.45. The highest BCUT2D eigenvalue weighted by Gasteiger charge is 2.07. The van der Waals surface area contributed by atoms with E-state index in [0.29, 0.717) is 23.8 Å². The maximum Gasteiger partial charge on any atom is 0.230 e. The van der Waals surface area contributed by atoms with Crippen LogP contribution in [0.15, 0.2) is 47.4 Å². The summed E-state index contributed by atoms with van der Waals surface area (Å²) in [5.74, 6) is 2.59. The molecule has 0 saturated heterocycles. The molecule has 0 spiro atoms. The lowest BCUT2D eigenvalue weighted by atomic mass is 10.1. The van der Waals surface area contributed by atoms with Gasteiger partial charge in [0.25, 0.3) is 0 Å². The summed E-state index contributed by atoms with van der Waals surface area (Å²) >= 11 is 1.47. The van der Waals surface area contributed by atoms with Gasteiger partial charge in [0.2, 0.25) is 5.91 Å². The van der Waals surface area contributed by atoms with E-state index in [4.69, 9.17) is 14.2 Å². The molecule has 1 N–H and O–H groups in total. The van der Waals surface area contributed by atoms with Crippen molar-refractivity contribution >= 4 is 17.7 Å². The van der Waals surface area contributed by atoms with E-state index in [2.05, 4.69) is 11.4 Å². The van der Waals surface area contributed by atoms with Crippen molar-refractivity contribution in [2.75, 3.05) is 33.6 Å². The molecule has 0 aromatic heterocycles. The largest absolute Gasteiger partial charge is 0.497 e. The SMILES string of the molecule is COc1cccc(CCCNC(=O)CSc2ccc(OC)c(OC)c2)c1. The number of ether oxygens (including phenoxy) is 3. The molecule has 0 atom stereocenters. The van der Waals surface area contributed by atoms with Crippen LogP contribution in [-0.2, 0) is 11.2 Å². The second kappa shape index (κ2) is 10.6. The molecule has 1 amide bonds. The van der Waals surface area contributed by atoms with Gasteiger partial charge in [0.1, 0.15) is 5.75 Å². The summed E-state index contributed by atoms with van der Waals surface area (Å²) in [7, 11) is 4.86. The highest BCUT2D eigenvalue weighted by Crippen LogP contribution is 2.31. The van der Waals surface area contributed by atoms with Gasteiger partial charge < -0.3 is 19.5 Å². The molecular weight excluding hydrogens is 350 g/mol. The monoisotopic (exact) mass is 375 g/mol. The molecule has 0 fully saturated rings. The Morgan fingerprint density at radius 1 is 1.00 bits per heavy atom. The first-order chi connectivity index (χ1) is 12.7. The van der Waals surface area contributed by atoms with E-state index in [1.807, 2.05) is 36.4 Å². The minimum absolute atomic E-state index is 0.0235. The maximum atomic E-state index is 12.0. The van der Waals surface area contributed by atoms with Crippen molar-refractivity contribution < 1.29 is 19.0 Å². The number of aryl methyl sites for hydroxylation is 1. The van der Waals surface area contributed by atoms with E-state index >= 15 is 0 Å². The van der Waals surface area contributed by atoms with Crippen LogP contribution in [-0.4, -0.2) is 39.5 Å². The smallest absolute Gasteiger partial charge is 0.230 e. The van der Waals surface area contributed by atoms with Gasteiger partial charge in [0, 0.05) is 11.4 Å². The number of methoxy groups -OCH3 is 3. The number of carbonyl (C=O) groups is 1. The van der Waals surface area contributed by atoms with Gasteiger partial charge in [-0.05, 0) is 48.7 Å². The average Bonchev–Trinajstić information content (AvgIpc) is 2.69. The zero-order valence-corrected chi connectivity index (χ0v) is 16.2. The van der Waals surface area contributed by atoms with E-state index < -0.39 is 0 Å². The van der Waals surface area contributed by atoms with Gasteiger partial charge in [0.05, 0.1) is 27.1 Å². The predicted molar refractivity (Wildman–Crippen MR) is 105 cm³/mol. The number of rotatable bonds is 10. The lowest BCUT2D eigenvalue weighted by Gasteiger charge is -2.09.